The molecule has 1 saturated carbocycles. The first-order chi connectivity index (χ1) is 10.9. The number of nitrogens with one attached hydrogen (secondary N) is 2. The van der Waals surface area contributed by atoms with Gasteiger partial charge in [-0.15, -0.1) is 0 Å². The van der Waals surface area contributed by atoms with Crippen molar-refractivity contribution < 1.29 is 18.3 Å². The highest BCUT2D eigenvalue weighted by Crippen LogP contribution is 2.57. The normalized spacial score (nSPS) is 31.7. The SMILES string of the molecule is C[C@@H]1[C@H](c2ccccc2)[C@]1(NS(=O)(=O)N1CCNCC1)C(=O)O. The number of aliphatic carboxylic acids is 1. The molecule has 0 amide bonds. The van der Waals surface area contributed by atoms with E-state index in [1.165, 1.54) is 4.31 Å². The van der Waals surface area contributed by atoms with E-state index < -0.39 is 21.7 Å². The van der Waals surface area contributed by atoms with Gasteiger partial charge in [0.05, 0.1) is 0 Å². The van der Waals surface area contributed by atoms with E-state index in [0.29, 0.717) is 26.2 Å². The number of carbonyl (C=O) groups is 1. The van der Waals surface area contributed by atoms with Gasteiger partial charge in [-0.25, -0.2) is 0 Å². The Balaban J connectivity index is 1.87. The molecule has 23 heavy (non-hydrogen) atoms. The molecule has 8 heteroatoms. The van der Waals surface area contributed by atoms with Gasteiger partial charge in [0.1, 0.15) is 5.54 Å². The minimum Gasteiger partial charge on any atom is -0.480 e. The topological polar surface area (TPSA) is 98.7 Å². The van der Waals surface area contributed by atoms with Crippen LogP contribution in [0.1, 0.15) is 18.4 Å². The molecular formula is C15H21N3O4S. The fraction of sp³-hybridized carbons (Fsp3) is 0.533. The van der Waals surface area contributed by atoms with Crippen LogP contribution in [0.15, 0.2) is 30.3 Å². The van der Waals surface area contributed by atoms with Crippen LogP contribution in [0.5, 0.6) is 0 Å². The van der Waals surface area contributed by atoms with E-state index in [0.717, 1.165) is 5.56 Å². The molecule has 1 saturated heterocycles. The zero-order valence-corrected chi connectivity index (χ0v) is 13.7. The van der Waals surface area contributed by atoms with Gasteiger partial charge in [-0.3, -0.25) is 4.79 Å². The molecule has 1 aliphatic carbocycles. The lowest BCUT2D eigenvalue weighted by atomic mass is 10.1. The number of benzene rings is 1. The lowest BCUT2D eigenvalue weighted by Crippen LogP contribution is -2.55. The van der Waals surface area contributed by atoms with Crippen LogP contribution in [0.2, 0.25) is 0 Å². The monoisotopic (exact) mass is 339 g/mol. The highest BCUT2D eigenvalue weighted by molar-refractivity contribution is 7.87. The molecule has 1 aromatic rings. The number of nitrogens with zero attached hydrogens (tertiary/aromatic N) is 1. The number of carboxylic acid groups (broad SMARTS) is 1. The third-order valence-electron chi connectivity index (χ3n) is 4.83. The van der Waals surface area contributed by atoms with E-state index in [-0.39, 0.29) is 11.8 Å². The Morgan fingerprint density at radius 2 is 1.91 bits per heavy atom. The lowest BCUT2D eigenvalue weighted by Gasteiger charge is -2.28. The summed E-state index contributed by atoms with van der Waals surface area (Å²) in [5, 5.41) is 12.8. The maximum absolute atomic E-state index is 12.6. The van der Waals surface area contributed by atoms with Crippen LogP contribution in [-0.2, 0) is 15.0 Å². The van der Waals surface area contributed by atoms with Crippen molar-refractivity contribution in [2.45, 2.75) is 18.4 Å². The van der Waals surface area contributed by atoms with E-state index >= 15 is 0 Å². The second kappa shape index (κ2) is 5.86. The summed E-state index contributed by atoms with van der Waals surface area (Å²) >= 11 is 0. The van der Waals surface area contributed by atoms with Crippen molar-refractivity contribution in [3.05, 3.63) is 35.9 Å². The Kier molecular flexibility index (Phi) is 4.18. The summed E-state index contributed by atoms with van der Waals surface area (Å²) < 4.78 is 29.0. The van der Waals surface area contributed by atoms with Crippen LogP contribution in [0, 0.1) is 5.92 Å². The molecule has 1 aromatic carbocycles. The molecule has 2 fully saturated rings. The molecule has 0 spiro atoms. The van der Waals surface area contributed by atoms with Gasteiger partial charge in [-0.1, -0.05) is 37.3 Å². The number of hydrogen-bond acceptors (Lipinski definition) is 4. The van der Waals surface area contributed by atoms with Crippen molar-refractivity contribution in [3.8, 4) is 0 Å². The molecule has 126 valence electrons. The van der Waals surface area contributed by atoms with E-state index in [4.69, 9.17) is 0 Å². The predicted molar refractivity (Wildman–Crippen MR) is 85.2 cm³/mol. The van der Waals surface area contributed by atoms with E-state index in [2.05, 4.69) is 10.0 Å². The summed E-state index contributed by atoms with van der Waals surface area (Å²) in [6.07, 6.45) is 0. The number of hydrogen-bond donors (Lipinski definition) is 3. The van der Waals surface area contributed by atoms with Gasteiger partial charge in [-0.2, -0.15) is 17.4 Å². The van der Waals surface area contributed by atoms with E-state index in [9.17, 15) is 18.3 Å². The van der Waals surface area contributed by atoms with Crippen molar-refractivity contribution in [3.63, 3.8) is 0 Å². The first-order valence-corrected chi connectivity index (χ1v) is 9.11. The van der Waals surface area contributed by atoms with Gasteiger partial charge in [0.25, 0.3) is 10.2 Å². The van der Waals surface area contributed by atoms with Crippen LogP contribution in [0.3, 0.4) is 0 Å². The molecule has 3 rings (SSSR count). The third kappa shape index (κ3) is 2.76. The molecule has 0 unspecified atom stereocenters. The first kappa shape index (κ1) is 16.4. The van der Waals surface area contributed by atoms with Crippen LogP contribution in [0.25, 0.3) is 0 Å². The summed E-state index contributed by atoms with van der Waals surface area (Å²) in [4.78, 5) is 11.9. The Bertz CT molecular complexity index is 688. The van der Waals surface area contributed by atoms with Gasteiger partial charge >= 0.3 is 5.97 Å². The predicted octanol–water partition coefficient (Wildman–Crippen LogP) is -0.0171. The maximum Gasteiger partial charge on any atom is 0.325 e. The zero-order chi connectivity index (χ0) is 16.7. The molecule has 0 radical (unpaired) electrons. The highest BCUT2D eigenvalue weighted by atomic mass is 32.2. The van der Waals surface area contributed by atoms with Gasteiger partial charge in [0, 0.05) is 32.1 Å². The minimum atomic E-state index is -3.83. The molecule has 3 N–H and O–H groups in total. The van der Waals surface area contributed by atoms with Crippen LogP contribution >= 0.6 is 0 Å². The van der Waals surface area contributed by atoms with E-state index in [1.54, 1.807) is 6.92 Å². The largest absolute Gasteiger partial charge is 0.480 e. The van der Waals surface area contributed by atoms with Crippen molar-refractivity contribution in [1.82, 2.24) is 14.3 Å². The minimum absolute atomic E-state index is 0.305. The molecule has 0 aromatic heterocycles. The van der Waals surface area contributed by atoms with Gasteiger partial charge in [0.2, 0.25) is 0 Å². The maximum atomic E-state index is 12.6. The fourth-order valence-corrected chi connectivity index (χ4v) is 5.08. The summed E-state index contributed by atoms with van der Waals surface area (Å²) in [6.45, 7) is 3.59. The quantitative estimate of drug-likeness (QED) is 0.700. The molecule has 1 heterocycles. The highest BCUT2D eigenvalue weighted by Gasteiger charge is 2.70. The standard InChI is InChI=1S/C15H21N3O4S/c1-11-13(12-5-3-2-4-6-12)15(11,14(19)20)17-23(21,22)18-9-7-16-8-10-18/h2-6,11,13,16-17H,7-10H2,1H3,(H,19,20)/t11-,13-,15+/m1/s1. The molecule has 3 atom stereocenters. The lowest BCUT2D eigenvalue weighted by molar-refractivity contribution is -0.140. The van der Waals surface area contributed by atoms with Crippen molar-refractivity contribution in [1.29, 1.82) is 0 Å². The second-order valence-electron chi connectivity index (χ2n) is 6.11. The molecule has 7 nitrogen and oxygen atoms in total. The Hall–Kier alpha value is -1.48. The molecule has 0 bridgehead atoms. The second-order valence-corrected chi connectivity index (χ2v) is 7.78. The Labute approximate surface area is 135 Å². The average molecular weight is 339 g/mol. The van der Waals surface area contributed by atoms with Crippen LogP contribution in [-0.4, -0.2) is 55.5 Å². The van der Waals surface area contributed by atoms with Crippen molar-refractivity contribution in [2.75, 3.05) is 26.2 Å². The summed E-state index contributed by atoms with van der Waals surface area (Å²) in [5.74, 6) is -1.79. The van der Waals surface area contributed by atoms with Gasteiger partial charge in [0.15, 0.2) is 0 Å². The van der Waals surface area contributed by atoms with Crippen molar-refractivity contribution >= 4 is 16.2 Å². The number of piperazine rings is 1. The third-order valence-corrected chi connectivity index (χ3v) is 6.47. The molecule has 1 aliphatic heterocycles. The Morgan fingerprint density at radius 3 is 2.48 bits per heavy atom. The molecule has 2 aliphatic rings. The van der Waals surface area contributed by atoms with Gasteiger partial charge in [-0.05, 0) is 11.5 Å². The van der Waals surface area contributed by atoms with Crippen LogP contribution < -0.4 is 10.0 Å². The first-order valence-electron chi connectivity index (χ1n) is 7.67. The number of rotatable bonds is 5. The summed E-state index contributed by atoms with van der Waals surface area (Å²) in [6, 6.07) is 9.19. The summed E-state index contributed by atoms with van der Waals surface area (Å²) in [7, 11) is -3.83. The Morgan fingerprint density at radius 1 is 1.30 bits per heavy atom. The van der Waals surface area contributed by atoms with E-state index in [1.807, 2.05) is 30.3 Å². The molecular weight excluding hydrogens is 318 g/mol. The zero-order valence-electron chi connectivity index (χ0n) is 12.9. The van der Waals surface area contributed by atoms with Crippen molar-refractivity contribution in [2.24, 2.45) is 5.92 Å². The smallest absolute Gasteiger partial charge is 0.325 e. The average Bonchev–Trinajstić information content (AvgIpc) is 3.13. The number of carboxylic acids is 1. The van der Waals surface area contributed by atoms with Crippen LogP contribution in [0.4, 0.5) is 0 Å². The van der Waals surface area contributed by atoms with Gasteiger partial charge < -0.3 is 10.4 Å². The summed E-state index contributed by atoms with van der Waals surface area (Å²) in [5.41, 5.74) is -0.629. The fourth-order valence-electron chi connectivity index (χ4n) is 3.46.